The van der Waals surface area contributed by atoms with Crippen molar-refractivity contribution in [3.63, 3.8) is 0 Å². The Labute approximate surface area is 93.8 Å². The van der Waals surface area contributed by atoms with Crippen LogP contribution in [0.4, 0.5) is 5.82 Å². The third-order valence-electron chi connectivity index (χ3n) is 2.23. The molecule has 0 aliphatic heterocycles. The van der Waals surface area contributed by atoms with Crippen molar-refractivity contribution in [3.05, 3.63) is 23.9 Å². The molecule has 0 saturated heterocycles. The molecule has 2 unspecified atom stereocenters. The normalized spacial score (nSPS) is 14.6. The van der Waals surface area contributed by atoms with E-state index < -0.39 is 10.8 Å². The van der Waals surface area contributed by atoms with Crippen LogP contribution in [0.1, 0.15) is 18.9 Å². The van der Waals surface area contributed by atoms with Gasteiger partial charge < -0.3 is 5.32 Å². The quantitative estimate of drug-likeness (QED) is 0.834. The second-order valence-corrected chi connectivity index (χ2v) is 5.33. The maximum absolute atomic E-state index is 10.9. The number of aryl methyl sites for hydroxylation is 1. The van der Waals surface area contributed by atoms with Crippen molar-refractivity contribution in [3.8, 4) is 0 Å². The number of hydrogen-bond donors (Lipinski definition) is 1. The van der Waals surface area contributed by atoms with Gasteiger partial charge in [-0.05, 0) is 31.9 Å². The minimum atomic E-state index is -0.710. The van der Waals surface area contributed by atoms with Crippen LogP contribution in [0.15, 0.2) is 18.3 Å². The lowest BCUT2D eigenvalue weighted by molar-refractivity contribution is 0.678. The molecule has 1 heterocycles. The van der Waals surface area contributed by atoms with Crippen LogP contribution < -0.4 is 5.32 Å². The van der Waals surface area contributed by atoms with E-state index in [4.69, 9.17) is 0 Å². The maximum atomic E-state index is 10.9. The lowest BCUT2D eigenvalue weighted by Gasteiger charge is -2.15. The van der Waals surface area contributed by atoms with E-state index in [-0.39, 0.29) is 0 Å². The van der Waals surface area contributed by atoms with Gasteiger partial charge in [0.15, 0.2) is 0 Å². The first kappa shape index (κ1) is 12.2. The van der Waals surface area contributed by atoms with Crippen LogP contribution in [0.25, 0.3) is 0 Å². The van der Waals surface area contributed by atoms with E-state index in [1.807, 2.05) is 19.1 Å². The van der Waals surface area contributed by atoms with Crippen LogP contribution in [-0.2, 0) is 10.8 Å². The van der Waals surface area contributed by atoms with Crippen LogP contribution in [-0.4, -0.2) is 27.2 Å². The number of nitrogens with one attached hydrogen (secondary N) is 1. The Morgan fingerprint density at radius 1 is 1.60 bits per heavy atom. The highest BCUT2D eigenvalue weighted by atomic mass is 32.2. The first-order chi connectivity index (χ1) is 7.09. The SMILES string of the molecule is Cc1cccnc1NC(C)CCS(C)=O. The highest BCUT2D eigenvalue weighted by Crippen LogP contribution is 2.11. The lowest BCUT2D eigenvalue weighted by atomic mass is 10.2. The lowest BCUT2D eigenvalue weighted by Crippen LogP contribution is -2.19. The van der Waals surface area contributed by atoms with Gasteiger partial charge in [-0.1, -0.05) is 6.07 Å². The Balaban J connectivity index is 2.47. The second kappa shape index (κ2) is 5.85. The van der Waals surface area contributed by atoms with Gasteiger partial charge in [0.1, 0.15) is 5.82 Å². The van der Waals surface area contributed by atoms with Gasteiger partial charge in [0.05, 0.1) is 0 Å². The average Bonchev–Trinajstić information content (AvgIpc) is 2.18. The molecule has 1 N–H and O–H groups in total. The molecule has 0 spiro atoms. The summed E-state index contributed by atoms with van der Waals surface area (Å²) in [5, 5.41) is 3.32. The molecule has 1 aromatic rings. The third kappa shape index (κ3) is 4.42. The van der Waals surface area contributed by atoms with Crippen LogP contribution in [0.3, 0.4) is 0 Å². The molecule has 1 rings (SSSR count). The summed E-state index contributed by atoms with van der Waals surface area (Å²) < 4.78 is 10.9. The zero-order chi connectivity index (χ0) is 11.3. The van der Waals surface area contributed by atoms with E-state index >= 15 is 0 Å². The van der Waals surface area contributed by atoms with Crippen molar-refractivity contribution < 1.29 is 4.21 Å². The summed E-state index contributed by atoms with van der Waals surface area (Å²) in [7, 11) is -0.710. The summed E-state index contributed by atoms with van der Waals surface area (Å²) in [5.41, 5.74) is 1.14. The van der Waals surface area contributed by atoms with Gasteiger partial charge in [-0.2, -0.15) is 0 Å². The van der Waals surface area contributed by atoms with Gasteiger partial charge in [-0.15, -0.1) is 0 Å². The minimum absolute atomic E-state index is 0.308. The Hall–Kier alpha value is -0.900. The Morgan fingerprint density at radius 3 is 2.93 bits per heavy atom. The van der Waals surface area contributed by atoms with E-state index in [0.29, 0.717) is 6.04 Å². The number of anilines is 1. The molecule has 0 radical (unpaired) electrons. The molecular formula is C11H18N2OS. The van der Waals surface area contributed by atoms with Crippen LogP contribution in [0, 0.1) is 6.92 Å². The van der Waals surface area contributed by atoms with Gasteiger partial charge in [0.2, 0.25) is 0 Å². The summed E-state index contributed by atoms with van der Waals surface area (Å²) in [5.74, 6) is 1.66. The molecule has 84 valence electrons. The molecular weight excluding hydrogens is 208 g/mol. The van der Waals surface area contributed by atoms with Crippen molar-refractivity contribution in [2.75, 3.05) is 17.3 Å². The van der Waals surface area contributed by atoms with Gasteiger partial charge in [-0.25, -0.2) is 4.98 Å². The van der Waals surface area contributed by atoms with Gasteiger partial charge in [0, 0.05) is 35.0 Å². The van der Waals surface area contributed by atoms with E-state index in [9.17, 15) is 4.21 Å². The van der Waals surface area contributed by atoms with Crippen LogP contribution in [0.5, 0.6) is 0 Å². The monoisotopic (exact) mass is 226 g/mol. The predicted molar refractivity (Wildman–Crippen MR) is 65.6 cm³/mol. The fraction of sp³-hybridized carbons (Fsp3) is 0.545. The fourth-order valence-electron chi connectivity index (χ4n) is 1.29. The first-order valence-corrected chi connectivity index (χ1v) is 6.80. The number of hydrogen-bond acceptors (Lipinski definition) is 3. The number of pyridine rings is 1. The average molecular weight is 226 g/mol. The maximum Gasteiger partial charge on any atom is 0.129 e. The molecule has 0 amide bonds. The van der Waals surface area contributed by atoms with E-state index in [1.54, 1.807) is 12.5 Å². The second-order valence-electron chi connectivity index (χ2n) is 3.78. The number of nitrogens with zero attached hydrogens (tertiary/aromatic N) is 1. The Bertz CT molecular complexity index is 341. The van der Waals surface area contributed by atoms with Crippen molar-refractivity contribution in [1.82, 2.24) is 4.98 Å². The molecule has 0 saturated carbocycles. The zero-order valence-electron chi connectivity index (χ0n) is 9.49. The molecule has 3 nitrogen and oxygen atoms in total. The summed E-state index contributed by atoms with van der Waals surface area (Å²) in [6.45, 7) is 4.11. The van der Waals surface area contributed by atoms with Crippen molar-refractivity contribution in [1.29, 1.82) is 0 Å². The highest BCUT2D eigenvalue weighted by Gasteiger charge is 2.05. The standard InChI is InChI=1S/C11H18N2OS/c1-9-5-4-7-12-11(9)13-10(2)6-8-15(3)14/h4-5,7,10H,6,8H2,1-3H3,(H,12,13). The molecule has 0 fully saturated rings. The summed E-state index contributed by atoms with van der Waals surface area (Å²) in [6.07, 6.45) is 4.41. The summed E-state index contributed by atoms with van der Waals surface area (Å²) >= 11 is 0. The van der Waals surface area contributed by atoms with Gasteiger partial charge >= 0.3 is 0 Å². The summed E-state index contributed by atoms with van der Waals surface area (Å²) in [6, 6.07) is 4.26. The van der Waals surface area contributed by atoms with Crippen molar-refractivity contribution in [2.24, 2.45) is 0 Å². The molecule has 0 aliphatic rings. The topological polar surface area (TPSA) is 42.0 Å². The first-order valence-electron chi connectivity index (χ1n) is 5.08. The largest absolute Gasteiger partial charge is 0.367 e. The van der Waals surface area contributed by atoms with Gasteiger partial charge in [0.25, 0.3) is 0 Å². The van der Waals surface area contributed by atoms with Crippen molar-refractivity contribution in [2.45, 2.75) is 26.3 Å². The molecule has 1 aromatic heterocycles. The Morgan fingerprint density at radius 2 is 2.33 bits per heavy atom. The number of aromatic nitrogens is 1. The zero-order valence-corrected chi connectivity index (χ0v) is 10.3. The number of rotatable bonds is 5. The van der Waals surface area contributed by atoms with Gasteiger partial charge in [-0.3, -0.25) is 4.21 Å². The molecule has 0 aliphatic carbocycles. The predicted octanol–water partition coefficient (Wildman–Crippen LogP) is 1.96. The van der Waals surface area contributed by atoms with Crippen molar-refractivity contribution >= 4 is 16.6 Å². The summed E-state index contributed by atoms with van der Waals surface area (Å²) in [4.78, 5) is 4.26. The fourth-order valence-corrected chi connectivity index (χ4v) is 1.97. The van der Waals surface area contributed by atoms with Crippen LogP contribution in [0.2, 0.25) is 0 Å². The molecule has 15 heavy (non-hydrogen) atoms. The molecule has 0 bridgehead atoms. The molecule has 0 aromatic carbocycles. The third-order valence-corrected chi connectivity index (χ3v) is 3.04. The molecule has 2 atom stereocenters. The van der Waals surface area contributed by atoms with Crippen LogP contribution >= 0.6 is 0 Å². The minimum Gasteiger partial charge on any atom is -0.367 e. The van der Waals surface area contributed by atoms with E-state index in [2.05, 4.69) is 17.2 Å². The van der Waals surface area contributed by atoms with E-state index in [0.717, 1.165) is 23.6 Å². The Kier molecular flexibility index (Phi) is 4.75. The smallest absolute Gasteiger partial charge is 0.129 e. The molecule has 4 heteroatoms. The highest BCUT2D eigenvalue weighted by molar-refractivity contribution is 7.84. The van der Waals surface area contributed by atoms with E-state index in [1.165, 1.54) is 0 Å².